The number of para-hydroxylation sites is 1. The normalized spacial score (nSPS) is 12.1. The van der Waals surface area contributed by atoms with E-state index in [1.807, 2.05) is 18.2 Å². The van der Waals surface area contributed by atoms with Crippen LogP contribution in [0, 0.1) is 10.8 Å². The fourth-order valence-corrected chi connectivity index (χ4v) is 3.03. The van der Waals surface area contributed by atoms with Crippen molar-refractivity contribution in [2.75, 3.05) is 0 Å². The predicted molar refractivity (Wildman–Crippen MR) is 106 cm³/mol. The molecular weight excluding hydrogens is 344 g/mol. The molecule has 5 nitrogen and oxygen atoms in total. The largest absolute Gasteiger partial charge is 0.507 e. The van der Waals surface area contributed by atoms with Gasteiger partial charge in [-0.05, 0) is 77.3 Å². The van der Waals surface area contributed by atoms with E-state index in [9.17, 15) is 14.7 Å². The molecule has 0 aromatic heterocycles. The highest BCUT2D eigenvalue weighted by Gasteiger charge is 2.27. The average molecular weight is 379 g/mol. The maximum atomic E-state index is 11.1. The first-order valence-corrected chi connectivity index (χ1v) is 9.74. The maximum absolute atomic E-state index is 11.1. The molecule has 0 heterocycles. The number of phenolic OH excluding ortho intramolecular Hbond substituents is 1. The number of aromatic hydroxyl groups is 1. The summed E-state index contributed by atoms with van der Waals surface area (Å²) in [6.07, 6.45) is 5.94. The third kappa shape index (κ3) is 7.24. The molecule has 0 fully saturated rings. The average Bonchev–Trinajstić information content (AvgIpc) is 2.57. The number of hydrogen-bond acceptors (Lipinski definition) is 3. The van der Waals surface area contributed by atoms with E-state index in [4.69, 9.17) is 10.2 Å². The molecule has 5 heteroatoms. The molecular formula is C22H34O5. The van der Waals surface area contributed by atoms with Crippen molar-refractivity contribution in [3.8, 4) is 5.75 Å². The molecule has 1 aromatic carbocycles. The molecule has 0 aliphatic carbocycles. The van der Waals surface area contributed by atoms with E-state index in [2.05, 4.69) is 0 Å². The molecule has 0 bridgehead atoms. The van der Waals surface area contributed by atoms with Gasteiger partial charge in [-0.2, -0.15) is 0 Å². The Morgan fingerprint density at radius 2 is 1.15 bits per heavy atom. The van der Waals surface area contributed by atoms with Gasteiger partial charge in [-0.3, -0.25) is 9.59 Å². The zero-order valence-electron chi connectivity index (χ0n) is 17.0. The molecule has 27 heavy (non-hydrogen) atoms. The van der Waals surface area contributed by atoms with Crippen LogP contribution < -0.4 is 0 Å². The summed E-state index contributed by atoms with van der Waals surface area (Å²) in [5, 5.41) is 28.8. The van der Waals surface area contributed by atoms with E-state index in [1.54, 1.807) is 27.7 Å². The van der Waals surface area contributed by atoms with Gasteiger partial charge in [0.25, 0.3) is 0 Å². The lowest BCUT2D eigenvalue weighted by Gasteiger charge is -2.19. The molecule has 0 radical (unpaired) electrons. The van der Waals surface area contributed by atoms with Crippen molar-refractivity contribution in [2.24, 2.45) is 10.8 Å². The first-order valence-electron chi connectivity index (χ1n) is 9.74. The number of rotatable bonds is 12. The number of aliphatic carboxylic acids is 2. The minimum atomic E-state index is -0.779. The number of hydrogen-bond donors (Lipinski definition) is 3. The second-order valence-electron chi connectivity index (χ2n) is 8.72. The summed E-state index contributed by atoms with van der Waals surface area (Å²) >= 11 is 0. The van der Waals surface area contributed by atoms with Gasteiger partial charge < -0.3 is 15.3 Å². The van der Waals surface area contributed by atoms with Crippen LogP contribution in [0.1, 0.15) is 77.3 Å². The number of carbonyl (C=O) groups is 2. The molecule has 0 aliphatic heterocycles. The molecule has 0 unspecified atom stereocenters. The SMILES string of the molecule is CC(C)(CCCCc1cccc(CCCCC(C)(C)C(=O)O)c1O)C(=O)O. The van der Waals surface area contributed by atoms with Crippen LogP contribution in [0.25, 0.3) is 0 Å². The Bertz CT molecular complexity index is 594. The quantitative estimate of drug-likeness (QED) is 0.443. The van der Waals surface area contributed by atoms with Crippen LogP contribution in [-0.4, -0.2) is 27.3 Å². The van der Waals surface area contributed by atoms with Gasteiger partial charge in [0, 0.05) is 0 Å². The van der Waals surface area contributed by atoms with Crippen molar-refractivity contribution < 1.29 is 24.9 Å². The Morgan fingerprint density at radius 1 is 0.778 bits per heavy atom. The number of aryl methyl sites for hydroxylation is 2. The second-order valence-corrected chi connectivity index (χ2v) is 8.72. The van der Waals surface area contributed by atoms with E-state index in [0.29, 0.717) is 18.6 Å². The highest BCUT2D eigenvalue weighted by Crippen LogP contribution is 2.29. The number of carboxylic acid groups (broad SMARTS) is 2. The van der Waals surface area contributed by atoms with Gasteiger partial charge in [0.15, 0.2) is 0 Å². The van der Waals surface area contributed by atoms with Gasteiger partial charge >= 0.3 is 11.9 Å². The van der Waals surface area contributed by atoms with Crippen molar-refractivity contribution in [2.45, 2.75) is 79.1 Å². The van der Waals surface area contributed by atoms with Crippen LogP contribution >= 0.6 is 0 Å². The van der Waals surface area contributed by atoms with E-state index in [1.165, 1.54) is 0 Å². The molecule has 0 spiro atoms. The lowest BCUT2D eigenvalue weighted by Crippen LogP contribution is -2.23. The Kier molecular flexibility index (Phi) is 8.32. The third-order valence-electron chi connectivity index (χ3n) is 5.36. The van der Waals surface area contributed by atoms with Crippen LogP contribution in [-0.2, 0) is 22.4 Å². The molecule has 1 aromatic rings. The van der Waals surface area contributed by atoms with Crippen LogP contribution in [0.2, 0.25) is 0 Å². The molecule has 152 valence electrons. The minimum Gasteiger partial charge on any atom is -0.507 e. The number of unbranched alkanes of at least 4 members (excludes halogenated alkanes) is 2. The fourth-order valence-electron chi connectivity index (χ4n) is 3.03. The summed E-state index contributed by atoms with van der Waals surface area (Å²) < 4.78 is 0. The lowest BCUT2D eigenvalue weighted by atomic mass is 9.86. The zero-order valence-corrected chi connectivity index (χ0v) is 17.0. The summed E-state index contributed by atoms with van der Waals surface area (Å²) in [7, 11) is 0. The summed E-state index contributed by atoms with van der Waals surface area (Å²) in [6.45, 7) is 6.94. The molecule has 0 saturated carbocycles. The van der Waals surface area contributed by atoms with Crippen LogP contribution in [0.5, 0.6) is 5.75 Å². The molecule has 1 rings (SSSR count). The molecule has 0 atom stereocenters. The molecule has 3 N–H and O–H groups in total. The maximum Gasteiger partial charge on any atom is 0.309 e. The van der Waals surface area contributed by atoms with Gasteiger partial charge in [-0.15, -0.1) is 0 Å². The Morgan fingerprint density at radius 3 is 1.48 bits per heavy atom. The Balaban J connectivity index is 2.49. The monoisotopic (exact) mass is 378 g/mol. The van der Waals surface area contributed by atoms with Gasteiger partial charge in [0.2, 0.25) is 0 Å². The van der Waals surface area contributed by atoms with Gasteiger partial charge in [0.1, 0.15) is 5.75 Å². The topological polar surface area (TPSA) is 94.8 Å². The van der Waals surface area contributed by atoms with E-state index < -0.39 is 22.8 Å². The summed E-state index contributed by atoms with van der Waals surface area (Å²) in [5.41, 5.74) is 0.360. The highest BCUT2D eigenvalue weighted by molar-refractivity contribution is 5.73. The summed E-state index contributed by atoms with van der Waals surface area (Å²) in [5.74, 6) is -1.23. The van der Waals surface area contributed by atoms with Gasteiger partial charge in [-0.1, -0.05) is 31.0 Å². The second kappa shape index (κ2) is 9.77. The first-order chi connectivity index (χ1) is 12.5. The van der Waals surface area contributed by atoms with Crippen molar-refractivity contribution in [1.82, 2.24) is 0 Å². The van der Waals surface area contributed by atoms with E-state index in [0.717, 1.165) is 49.7 Å². The lowest BCUT2D eigenvalue weighted by molar-refractivity contribution is -0.148. The van der Waals surface area contributed by atoms with E-state index in [-0.39, 0.29) is 0 Å². The minimum absolute atomic E-state index is 0.326. The van der Waals surface area contributed by atoms with Crippen LogP contribution in [0.3, 0.4) is 0 Å². The zero-order chi connectivity index (χ0) is 20.7. The summed E-state index contributed by atoms with van der Waals surface area (Å²) in [4.78, 5) is 22.3. The third-order valence-corrected chi connectivity index (χ3v) is 5.36. The molecule has 0 amide bonds. The van der Waals surface area contributed by atoms with Gasteiger partial charge in [-0.25, -0.2) is 0 Å². The predicted octanol–water partition coefficient (Wildman–Crippen LogP) is 5.04. The van der Waals surface area contributed by atoms with E-state index >= 15 is 0 Å². The van der Waals surface area contributed by atoms with Crippen LogP contribution in [0.15, 0.2) is 18.2 Å². The van der Waals surface area contributed by atoms with Crippen molar-refractivity contribution >= 4 is 11.9 Å². The van der Waals surface area contributed by atoms with Crippen LogP contribution in [0.4, 0.5) is 0 Å². The number of benzene rings is 1. The Labute approximate surface area is 162 Å². The van der Waals surface area contributed by atoms with Gasteiger partial charge in [0.05, 0.1) is 10.8 Å². The molecule has 0 aliphatic rings. The number of phenols is 1. The first kappa shape index (κ1) is 23.0. The molecule has 0 saturated heterocycles. The van der Waals surface area contributed by atoms with Crippen molar-refractivity contribution in [3.05, 3.63) is 29.3 Å². The highest BCUT2D eigenvalue weighted by atomic mass is 16.4. The Hall–Kier alpha value is -2.04. The van der Waals surface area contributed by atoms with Crippen molar-refractivity contribution in [3.63, 3.8) is 0 Å². The standard InChI is InChI=1S/C22H34O5/c1-21(2,19(24)25)14-7-5-10-16-12-9-13-17(18(16)23)11-6-8-15-22(3,4)20(26)27/h9,12-13,23H,5-8,10-11,14-15H2,1-4H3,(H,24,25)(H,26,27). The smallest absolute Gasteiger partial charge is 0.309 e. The fraction of sp³-hybridized carbons (Fsp3) is 0.636. The number of carboxylic acids is 2. The van der Waals surface area contributed by atoms with Crippen molar-refractivity contribution in [1.29, 1.82) is 0 Å². The summed E-state index contributed by atoms with van der Waals surface area (Å²) in [6, 6.07) is 5.76.